The highest BCUT2D eigenvalue weighted by Gasteiger charge is 2.43. The Bertz CT molecular complexity index is 255. The molecule has 86 valence electrons. The average molecular weight is 235 g/mol. The molecule has 0 aromatic carbocycles. The molecule has 4 N–H and O–H groups in total. The summed E-state index contributed by atoms with van der Waals surface area (Å²) in [5.74, 6) is 0. The summed E-state index contributed by atoms with van der Waals surface area (Å²) in [6, 6.07) is 0. The van der Waals surface area contributed by atoms with E-state index in [0.717, 1.165) is 0 Å². The van der Waals surface area contributed by atoms with Crippen LogP contribution in [0.25, 0.3) is 0 Å². The first kappa shape index (κ1) is 12.7. The maximum absolute atomic E-state index is 9.51. The molecule has 0 bridgehead atoms. The molecule has 7 heteroatoms. The van der Waals surface area contributed by atoms with Crippen molar-refractivity contribution in [3.63, 3.8) is 0 Å². The molecule has 0 saturated carbocycles. The highest BCUT2D eigenvalue weighted by molar-refractivity contribution is 7.78. The van der Waals surface area contributed by atoms with E-state index < -0.39 is 37.1 Å². The minimum Gasteiger partial charge on any atom is -0.394 e. The fourth-order valence-corrected chi connectivity index (χ4v) is 1.53. The van der Waals surface area contributed by atoms with Crippen LogP contribution in [0.3, 0.4) is 0 Å². The third kappa shape index (κ3) is 2.79. The maximum atomic E-state index is 9.51. The van der Waals surface area contributed by atoms with Crippen LogP contribution in [-0.4, -0.2) is 69.3 Å². The predicted octanol–water partition coefficient (Wildman–Crippen LogP) is -2.07. The second-order valence-corrected chi connectivity index (χ2v) is 3.48. The molecule has 0 aliphatic carbocycles. The second kappa shape index (κ2) is 5.62. The van der Waals surface area contributed by atoms with Crippen molar-refractivity contribution in [2.75, 3.05) is 13.2 Å². The van der Waals surface area contributed by atoms with Crippen LogP contribution in [0.1, 0.15) is 0 Å². The summed E-state index contributed by atoms with van der Waals surface area (Å²) in [4.78, 5) is 3.58. The molecule has 1 heterocycles. The highest BCUT2D eigenvalue weighted by atomic mass is 32.1. The lowest BCUT2D eigenvalue weighted by molar-refractivity contribution is -0.226. The minimum absolute atomic E-state index is 0.0327. The predicted molar refractivity (Wildman–Crippen MR) is 53.7 cm³/mol. The van der Waals surface area contributed by atoms with Crippen LogP contribution in [0.4, 0.5) is 0 Å². The number of aliphatic imine (C=N–C) groups is 1. The normalized spacial score (nSPS) is 40.9. The van der Waals surface area contributed by atoms with Gasteiger partial charge in [-0.25, -0.2) is 4.99 Å². The monoisotopic (exact) mass is 235 g/mol. The van der Waals surface area contributed by atoms with E-state index in [-0.39, 0.29) is 6.54 Å². The fraction of sp³-hybridized carbons (Fsp3) is 0.875. The highest BCUT2D eigenvalue weighted by Crippen LogP contribution is 2.21. The standard InChI is InChI=1S/C8H13NO5S/c10-2-5-7(12)8(13)6(11)4(14-5)1-9-3-15/h4-8,10-13H,1-2H2/t4-,5+,6+,7+,8+/m0/s1. The van der Waals surface area contributed by atoms with Crippen LogP contribution in [0, 0.1) is 0 Å². The van der Waals surface area contributed by atoms with Crippen molar-refractivity contribution < 1.29 is 25.2 Å². The smallest absolute Gasteiger partial charge is 0.111 e. The van der Waals surface area contributed by atoms with E-state index in [1.54, 1.807) is 0 Å². The Hall–Kier alpha value is -0.400. The Morgan fingerprint density at radius 3 is 2.27 bits per heavy atom. The Morgan fingerprint density at radius 1 is 1.13 bits per heavy atom. The van der Waals surface area contributed by atoms with E-state index in [4.69, 9.17) is 9.84 Å². The first-order valence-corrected chi connectivity index (χ1v) is 4.86. The van der Waals surface area contributed by atoms with Gasteiger partial charge in [-0.05, 0) is 12.2 Å². The molecule has 0 aromatic rings. The third-order valence-electron chi connectivity index (χ3n) is 2.33. The van der Waals surface area contributed by atoms with E-state index in [9.17, 15) is 15.3 Å². The molecule has 15 heavy (non-hydrogen) atoms. The van der Waals surface area contributed by atoms with Crippen molar-refractivity contribution in [2.24, 2.45) is 4.99 Å². The molecule has 1 saturated heterocycles. The quantitative estimate of drug-likeness (QED) is 0.331. The molecule has 6 nitrogen and oxygen atoms in total. The summed E-state index contributed by atoms with van der Waals surface area (Å²) in [7, 11) is 0. The zero-order valence-electron chi connectivity index (χ0n) is 7.85. The van der Waals surface area contributed by atoms with Gasteiger partial charge in [0.1, 0.15) is 30.5 Å². The number of aliphatic hydroxyl groups is 4. The first-order chi connectivity index (χ1) is 7.11. The number of aliphatic hydroxyl groups excluding tert-OH is 4. The minimum atomic E-state index is -1.36. The summed E-state index contributed by atoms with van der Waals surface area (Å²) in [5, 5.41) is 39.3. The summed E-state index contributed by atoms with van der Waals surface area (Å²) < 4.78 is 5.14. The number of rotatable bonds is 3. The van der Waals surface area contributed by atoms with Crippen molar-refractivity contribution in [1.82, 2.24) is 0 Å². The molecule has 1 fully saturated rings. The number of nitrogens with zero attached hydrogens (tertiary/aromatic N) is 1. The summed E-state index contributed by atoms with van der Waals surface area (Å²) in [6.45, 7) is -0.409. The molecule has 1 aliphatic heterocycles. The SMILES string of the molecule is OC[C@H]1O[C@@H](CN=C=S)[C@@H](O)[C@@H](O)[C@@H]1O. The van der Waals surface area contributed by atoms with Crippen LogP contribution in [0.15, 0.2) is 4.99 Å². The van der Waals surface area contributed by atoms with Gasteiger partial charge in [-0.2, -0.15) is 0 Å². The van der Waals surface area contributed by atoms with Gasteiger partial charge in [0, 0.05) is 0 Å². The molecule has 0 spiro atoms. The van der Waals surface area contributed by atoms with Gasteiger partial charge >= 0.3 is 0 Å². The fourth-order valence-electron chi connectivity index (χ4n) is 1.46. The van der Waals surface area contributed by atoms with E-state index in [1.165, 1.54) is 0 Å². The molecular formula is C8H13NO5S. The van der Waals surface area contributed by atoms with Crippen molar-refractivity contribution in [1.29, 1.82) is 0 Å². The Labute approximate surface area is 91.8 Å². The molecule has 1 aliphatic rings. The van der Waals surface area contributed by atoms with Gasteiger partial charge in [-0.1, -0.05) is 0 Å². The molecule has 0 aromatic heterocycles. The van der Waals surface area contributed by atoms with Gasteiger partial charge in [0.25, 0.3) is 0 Å². The molecule has 1 rings (SSSR count). The summed E-state index contributed by atoms with van der Waals surface area (Å²) in [5.41, 5.74) is 0. The largest absolute Gasteiger partial charge is 0.394 e. The van der Waals surface area contributed by atoms with Crippen LogP contribution in [-0.2, 0) is 4.74 Å². The zero-order chi connectivity index (χ0) is 11.4. The molecule has 0 radical (unpaired) electrons. The first-order valence-electron chi connectivity index (χ1n) is 4.46. The van der Waals surface area contributed by atoms with E-state index >= 15 is 0 Å². The summed E-state index contributed by atoms with van der Waals surface area (Å²) in [6.07, 6.45) is -5.64. The van der Waals surface area contributed by atoms with Gasteiger partial charge in [-0.3, -0.25) is 0 Å². The Balaban J connectivity index is 2.69. The topological polar surface area (TPSA) is 103 Å². The number of ether oxygens (including phenoxy) is 1. The number of thiocarbonyl (C=S) groups is 1. The summed E-state index contributed by atoms with van der Waals surface area (Å²) >= 11 is 4.35. The maximum Gasteiger partial charge on any atom is 0.111 e. The van der Waals surface area contributed by atoms with Gasteiger partial charge < -0.3 is 25.2 Å². The van der Waals surface area contributed by atoms with Crippen LogP contribution >= 0.6 is 12.2 Å². The van der Waals surface area contributed by atoms with E-state index in [0.29, 0.717) is 0 Å². The number of isothiocyanates is 1. The lowest BCUT2D eigenvalue weighted by Gasteiger charge is -2.39. The zero-order valence-corrected chi connectivity index (χ0v) is 8.67. The van der Waals surface area contributed by atoms with Gasteiger partial charge in [-0.15, -0.1) is 0 Å². The van der Waals surface area contributed by atoms with Crippen LogP contribution < -0.4 is 0 Å². The van der Waals surface area contributed by atoms with Gasteiger partial charge in [0.2, 0.25) is 0 Å². The Morgan fingerprint density at radius 2 is 1.73 bits per heavy atom. The van der Waals surface area contributed by atoms with Crippen molar-refractivity contribution in [3.8, 4) is 0 Å². The van der Waals surface area contributed by atoms with Crippen LogP contribution in [0.5, 0.6) is 0 Å². The average Bonchev–Trinajstić information content (AvgIpc) is 2.25. The Kier molecular flexibility index (Phi) is 4.75. The lowest BCUT2D eigenvalue weighted by atomic mass is 9.95. The van der Waals surface area contributed by atoms with Crippen molar-refractivity contribution in [3.05, 3.63) is 0 Å². The van der Waals surface area contributed by atoms with Gasteiger partial charge in [0.15, 0.2) is 0 Å². The number of hydrogen-bond acceptors (Lipinski definition) is 7. The van der Waals surface area contributed by atoms with Crippen molar-refractivity contribution in [2.45, 2.75) is 30.5 Å². The second-order valence-electron chi connectivity index (χ2n) is 3.30. The molecule has 0 amide bonds. The van der Waals surface area contributed by atoms with Crippen LogP contribution in [0.2, 0.25) is 0 Å². The third-order valence-corrected chi connectivity index (χ3v) is 2.46. The number of hydrogen-bond donors (Lipinski definition) is 4. The van der Waals surface area contributed by atoms with E-state index in [1.807, 2.05) is 0 Å². The van der Waals surface area contributed by atoms with E-state index in [2.05, 4.69) is 22.4 Å². The molecular weight excluding hydrogens is 222 g/mol. The molecule has 5 atom stereocenters. The van der Waals surface area contributed by atoms with Crippen molar-refractivity contribution >= 4 is 17.4 Å². The molecule has 0 unspecified atom stereocenters. The van der Waals surface area contributed by atoms with Gasteiger partial charge in [0.05, 0.1) is 18.3 Å². The lowest BCUT2D eigenvalue weighted by Crippen LogP contribution is -2.59.